The number of benzene rings is 2. The molecular formula is C20H20N2O5. The Hall–Kier alpha value is -2.93. The highest BCUT2D eigenvalue weighted by atomic mass is 16.7. The van der Waals surface area contributed by atoms with E-state index in [1.54, 1.807) is 18.2 Å². The Morgan fingerprint density at radius 1 is 0.778 bits per heavy atom. The summed E-state index contributed by atoms with van der Waals surface area (Å²) in [6.45, 7) is 4.43. The zero-order chi connectivity index (χ0) is 18.2. The Labute approximate surface area is 157 Å². The van der Waals surface area contributed by atoms with Gasteiger partial charge in [0.25, 0.3) is 5.91 Å². The van der Waals surface area contributed by atoms with Crippen LogP contribution in [0.15, 0.2) is 36.4 Å². The lowest BCUT2D eigenvalue weighted by Crippen LogP contribution is -2.48. The SMILES string of the molecule is O=C(c1ccc2c(c1)OCO2)N1CCN(Cc2ccc3c(c2)OCO3)CC1. The quantitative estimate of drug-likeness (QED) is 0.827. The van der Waals surface area contributed by atoms with Gasteiger partial charge in [0.15, 0.2) is 23.0 Å². The lowest BCUT2D eigenvalue weighted by atomic mass is 10.1. The van der Waals surface area contributed by atoms with Gasteiger partial charge < -0.3 is 23.8 Å². The fourth-order valence-corrected chi connectivity index (χ4v) is 3.62. The van der Waals surface area contributed by atoms with Crippen LogP contribution in [0.5, 0.6) is 23.0 Å². The van der Waals surface area contributed by atoms with Crippen LogP contribution in [0.2, 0.25) is 0 Å². The molecule has 0 bridgehead atoms. The standard InChI is InChI=1S/C20H20N2O5/c23-20(15-2-4-17-19(10-15)27-13-25-17)22-7-5-21(6-8-22)11-14-1-3-16-18(9-14)26-12-24-16/h1-4,9-10H,5-8,11-13H2. The van der Waals surface area contributed by atoms with Gasteiger partial charge in [0, 0.05) is 38.3 Å². The molecule has 0 atom stereocenters. The summed E-state index contributed by atoms with van der Waals surface area (Å²) in [5, 5.41) is 0. The lowest BCUT2D eigenvalue weighted by molar-refractivity contribution is 0.0628. The predicted molar refractivity (Wildman–Crippen MR) is 96.3 cm³/mol. The Bertz CT molecular complexity index is 877. The van der Waals surface area contributed by atoms with Crippen molar-refractivity contribution < 1.29 is 23.7 Å². The van der Waals surface area contributed by atoms with Crippen molar-refractivity contribution in [1.29, 1.82) is 0 Å². The molecule has 2 aromatic rings. The number of carbonyl (C=O) groups is 1. The molecule has 0 unspecified atom stereocenters. The second kappa shape index (κ2) is 6.66. The zero-order valence-corrected chi connectivity index (χ0v) is 14.8. The summed E-state index contributed by atoms with van der Waals surface area (Å²) in [7, 11) is 0. The van der Waals surface area contributed by atoms with Crippen LogP contribution in [0.3, 0.4) is 0 Å². The molecule has 0 radical (unpaired) electrons. The van der Waals surface area contributed by atoms with Gasteiger partial charge in [0.2, 0.25) is 13.6 Å². The number of hydrogen-bond acceptors (Lipinski definition) is 6. The number of ether oxygens (including phenoxy) is 4. The number of piperazine rings is 1. The Morgan fingerprint density at radius 2 is 1.41 bits per heavy atom. The summed E-state index contributed by atoms with van der Waals surface area (Å²) in [6.07, 6.45) is 0. The first-order valence-corrected chi connectivity index (χ1v) is 9.06. The lowest BCUT2D eigenvalue weighted by Gasteiger charge is -2.34. The summed E-state index contributed by atoms with van der Waals surface area (Å²) < 4.78 is 21.5. The van der Waals surface area contributed by atoms with Crippen LogP contribution in [0, 0.1) is 0 Å². The van der Waals surface area contributed by atoms with E-state index < -0.39 is 0 Å². The van der Waals surface area contributed by atoms with Gasteiger partial charge >= 0.3 is 0 Å². The van der Waals surface area contributed by atoms with Crippen LogP contribution in [0.25, 0.3) is 0 Å². The van der Waals surface area contributed by atoms with Crippen LogP contribution in [0.1, 0.15) is 15.9 Å². The zero-order valence-electron chi connectivity index (χ0n) is 14.8. The van der Waals surface area contributed by atoms with E-state index in [4.69, 9.17) is 18.9 Å². The molecule has 1 fully saturated rings. The highest BCUT2D eigenvalue weighted by Crippen LogP contribution is 2.34. The molecule has 1 saturated heterocycles. The van der Waals surface area contributed by atoms with Gasteiger partial charge in [0.1, 0.15) is 0 Å². The number of fused-ring (bicyclic) bond motifs is 2. The second-order valence-electron chi connectivity index (χ2n) is 6.82. The maximum Gasteiger partial charge on any atom is 0.254 e. The van der Waals surface area contributed by atoms with Gasteiger partial charge in [0.05, 0.1) is 0 Å². The third kappa shape index (κ3) is 3.14. The largest absolute Gasteiger partial charge is 0.454 e. The Balaban J connectivity index is 1.19. The van der Waals surface area contributed by atoms with Gasteiger partial charge in [-0.15, -0.1) is 0 Å². The number of amides is 1. The van der Waals surface area contributed by atoms with E-state index in [-0.39, 0.29) is 12.7 Å². The summed E-state index contributed by atoms with van der Waals surface area (Å²) in [4.78, 5) is 17.0. The molecule has 0 saturated carbocycles. The molecule has 0 N–H and O–H groups in total. The minimum absolute atomic E-state index is 0.0380. The minimum Gasteiger partial charge on any atom is -0.454 e. The molecular weight excluding hydrogens is 348 g/mol. The van der Waals surface area contributed by atoms with Crippen molar-refractivity contribution in [3.63, 3.8) is 0 Å². The van der Waals surface area contributed by atoms with Crippen molar-refractivity contribution in [2.45, 2.75) is 6.54 Å². The minimum atomic E-state index is 0.0380. The van der Waals surface area contributed by atoms with Crippen LogP contribution in [-0.2, 0) is 6.54 Å². The first kappa shape index (κ1) is 16.3. The fourth-order valence-electron chi connectivity index (χ4n) is 3.62. The van der Waals surface area contributed by atoms with Crippen molar-refractivity contribution in [3.05, 3.63) is 47.5 Å². The van der Waals surface area contributed by atoms with Crippen molar-refractivity contribution in [1.82, 2.24) is 9.80 Å². The first-order chi connectivity index (χ1) is 13.3. The number of carbonyl (C=O) groups excluding carboxylic acids is 1. The van der Waals surface area contributed by atoms with Crippen molar-refractivity contribution in [3.8, 4) is 23.0 Å². The van der Waals surface area contributed by atoms with Crippen molar-refractivity contribution in [2.75, 3.05) is 39.8 Å². The molecule has 140 valence electrons. The summed E-state index contributed by atoms with van der Waals surface area (Å²) in [5.41, 5.74) is 1.83. The van der Waals surface area contributed by atoms with Gasteiger partial charge in [-0.1, -0.05) is 6.07 Å². The van der Waals surface area contributed by atoms with E-state index in [2.05, 4.69) is 11.0 Å². The van der Waals surface area contributed by atoms with Gasteiger partial charge in [-0.05, 0) is 35.9 Å². The molecule has 0 spiro atoms. The molecule has 0 aromatic heterocycles. The average Bonchev–Trinajstić information content (AvgIpc) is 3.36. The number of rotatable bonds is 3. The second-order valence-corrected chi connectivity index (χ2v) is 6.82. The monoisotopic (exact) mass is 368 g/mol. The molecule has 27 heavy (non-hydrogen) atoms. The maximum absolute atomic E-state index is 12.8. The molecule has 5 rings (SSSR count). The predicted octanol–water partition coefficient (Wildman–Crippen LogP) is 2.10. The molecule has 0 aliphatic carbocycles. The van der Waals surface area contributed by atoms with Crippen LogP contribution < -0.4 is 18.9 Å². The smallest absolute Gasteiger partial charge is 0.254 e. The van der Waals surface area contributed by atoms with E-state index in [9.17, 15) is 4.79 Å². The first-order valence-electron chi connectivity index (χ1n) is 9.06. The van der Waals surface area contributed by atoms with Gasteiger partial charge in [-0.25, -0.2) is 0 Å². The van der Waals surface area contributed by atoms with E-state index in [0.29, 0.717) is 36.9 Å². The molecule has 1 amide bonds. The molecule has 3 aliphatic heterocycles. The van der Waals surface area contributed by atoms with Gasteiger partial charge in [-0.3, -0.25) is 9.69 Å². The van der Waals surface area contributed by atoms with Crippen molar-refractivity contribution in [2.24, 2.45) is 0 Å². The van der Waals surface area contributed by atoms with E-state index in [0.717, 1.165) is 31.1 Å². The highest BCUT2D eigenvalue weighted by molar-refractivity contribution is 5.95. The molecule has 7 nitrogen and oxygen atoms in total. The Kier molecular flexibility index (Phi) is 4.01. The van der Waals surface area contributed by atoms with Crippen LogP contribution in [-0.4, -0.2) is 55.5 Å². The topological polar surface area (TPSA) is 60.5 Å². The summed E-state index contributed by atoms with van der Waals surface area (Å²) in [6, 6.07) is 11.4. The molecule has 2 aromatic carbocycles. The third-order valence-electron chi connectivity index (χ3n) is 5.12. The molecule has 7 heteroatoms. The average molecular weight is 368 g/mol. The highest BCUT2D eigenvalue weighted by Gasteiger charge is 2.24. The third-order valence-corrected chi connectivity index (χ3v) is 5.12. The van der Waals surface area contributed by atoms with E-state index in [1.807, 2.05) is 17.0 Å². The number of nitrogens with zero attached hydrogens (tertiary/aromatic N) is 2. The fraction of sp³-hybridized carbons (Fsp3) is 0.350. The van der Waals surface area contributed by atoms with Gasteiger partial charge in [-0.2, -0.15) is 0 Å². The maximum atomic E-state index is 12.8. The molecule has 3 heterocycles. The Morgan fingerprint density at radius 3 is 2.15 bits per heavy atom. The normalized spacial score (nSPS) is 18.0. The number of hydrogen-bond donors (Lipinski definition) is 0. The van der Waals surface area contributed by atoms with E-state index in [1.165, 1.54) is 5.56 Å². The van der Waals surface area contributed by atoms with Crippen LogP contribution in [0.4, 0.5) is 0 Å². The summed E-state index contributed by atoms with van der Waals surface area (Å²) >= 11 is 0. The van der Waals surface area contributed by atoms with Crippen molar-refractivity contribution >= 4 is 5.91 Å². The van der Waals surface area contributed by atoms with Crippen LogP contribution >= 0.6 is 0 Å². The molecule has 3 aliphatic rings. The van der Waals surface area contributed by atoms with E-state index >= 15 is 0 Å². The summed E-state index contributed by atoms with van der Waals surface area (Å²) in [5.74, 6) is 2.99.